The third kappa shape index (κ3) is 4.41. The lowest BCUT2D eigenvalue weighted by atomic mass is 10.1. The highest BCUT2D eigenvalue weighted by Gasteiger charge is 2.08. The number of ether oxygens (including phenoxy) is 1. The summed E-state index contributed by atoms with van der Waals surface area (Å²) in [6.45, 7) is 1.66. The summed E-state index contributed by atoms with van der Waals surface area (Å²) in [7, 11) is 4.08. The molecule has 0 atom stereocenters. The molecule has 0 radical (unpaired) electrons. The van der Waals surface area contributed by atoms with Crippen LogP contribution < -0.4 is 10.2 Å². The fourth-order valence-electron chi connectivity index (χ4n) is 2.56. The minimum Gasteiger partial charge on any atom is -0.494 e. The van der Waals surface area contributed by atoms with Crippen LogP contribution in [0.15, 0.2) is 57.7 Å². The van der Waals surface area contributed by atoms with Crippen LogP contribution in [0.1, 0.15) is 6.42 Å². The molecule has 4 nitrogen and oxygen atoms in total. The summed E-state index contributed by atoms with van der Waals surface area (Å²) in [6, 6.07) is 14.1. The number of hydrogen-bond donors (Lipinski definition) is 0. The van der Waals surface area contributed by atoms with Crippen molar-refractivity contribution in [2.45, 2.75) is 6.42 Å². The highest BCUT2D eigenvalue weighted by Crippen LogP contribution is 2.25. The smallest absolute Gasteiger partial charge is 0.193 e. The number of benzene rings is 2. The van der Waals surface area contributed by atoms with Gasteiger partial charge in [-0.3, -0.25) is 4.79 Å². The molecule has 0 unspecified atom stereocenters. The molecule has 0 aliphatic carbocycles. The van der Waals surface area contributed by atoms with E-state index in [1.807, 2.05) is 38.4 Å². The molecule has 1 heterocycles. The van der Waals surface area contributed by atoms with Crippen molar-refractivity contribution >= 4 is 22.6 Å². The van der Waals surface area contributed by atoms with E-state index in [-0.39, 0.29) is 5.43 Å². The zero-order valence-corrected chi connectivity index (χ0v) is 15.0. The monoisotopic (exact) mass is 357 g/mol. The fourth-order valence-corrected chi connectivity index (χ4v) is 2.73. The SMILES string of the molecule is CN(C)CCCOc1ccc(-c2cc(=O)c3cc(Cl)ccc3o2)cc1. The van der Waals surface area contributed by atoms with Crippen molar-refractivity contribution in [3.05, 3.63) is 63.8 Å². The van der Waals surface area contributed by atoms with Gasteiger partial charge >= 0.3 is 0 Å². The van der Waals surface area contributed by atoms with E-state index in [9.17, 15) is 4.79 Å². The largest absolute Gasteiger partial charge is 0.494 e. The summed E-state index contributed by atoms with van der Waals surface area (Å²) in [6.07, 6.45) is 0.969. The maximum absolute atomic E-state index is 12.3. The van der Waals surface area contributed by atoms with Gasteiger partial charge < -0.3 is 14.1 Å². The Bertz CT molecular complexity index is 916. The molecular formula is C20H20ClNO3. The van der Waals surface area contributed by atoms with Crippen LogP contribution in [0.4, 0.5) is 0 Å². The predicted molar refractivity (Wildman–Crippen MR) is 102 cm³/mol. The van der Waals surface area contributed by atoms with Crippen LogP contribution >= 0.6 is 11.6 Å². The highest BCUT2D eigenvalue weighted by molar-refractivity contribution is 6.31. The molecule has 5 heteroatoms. The normalized spacial score (nSPS) is 11.2. The second-order valence-electron chi connectivity index (χ2n) is 6.15. The molecule has 0 N–H and O–H groups in total. The Balaban J connectivity index is 1.77. The molecule has 25 heavy (non-hydrogen) atoms. The molecule has 0 bridgehead atoms. The summed E-state index contributed by atoms with van der Waals surface area (Å²) in [5.41, 5.74) is 1.24. The zero-order valence-electron chi connectivity index (χ0n) is 14.3. The average Bonchev–Trinajstić information content (AvgIpc) is 2.59. The van der Waals surface area contributed by atoms with E-state index in [0.717, 1.165) is 24.3 Å². The maximum atomic E-state index is 12.3. The summed E-state index contributed by atoms with van der Waals surface area (Å²) in [5.74, 6) is 1.33. The lowest BCUT2D eigenvalue weighted by Crippen LogP contribution is -2.15. The van der Waals surface area contributed by atoms with Gasteiger partial charge in [-0.2, -0.15) is 0 Å². The Labute approximate surface area is 151 Å². The zero-order chi connectivity index (χ0) is 17.8. The summed E-state index contributed by atoms with van der Waals surface area (Å²) < 4.78 is 11.6. The topological polar surface area (TPSA) is 42.7 Å². The van der Waals surface area contributed by atoms with Crippen molar-refractivity contribution in [3.63, 3.8) is 0 Å². The molecular weight excluding hydrogens is 338 g/mol. The lowest BCUT2D eigenvalue weighted by Gasteiger charge is -2.10. The van der Waals surface area contributed by atoms with Gasteiger partial charge in [0.2, 0.25) is 0 Å². The number of nitrogens with zero attached hydrogens (tertiary/aromatic N) is 1. The van der Waals surface area contributed by atoms with E-state index in [1.54, 1.807) is 18.2 Å². The van der Waals surface area contributed by atoms with Gasteiger partial charge in [0, 0.05) is 23.2 Å². The Morgan fingerprint density at radius 2 is 1.84 bits per heavy atom. The molecule has 0 aliphatic heterocycles. The quantitative estimate of drug-likeness (QED) is 0.611. The number of rotatable bonds is 6. The standard InChI is InChI=1S/C20H20ClNO3/c1-22(2)10-3-11-24-16-7-4-14(5-8-16)20-13-18(23)17-12-15(21)6-9-19(17)25-20/h4-9,12-13H,3,10-11H2,1-2H3. The van der Waals surface area contributed by atoms with Crippen LogP contribution in [0, 0.1) is 0 Å². The molecule has 0 saturated carbocycles. The Morgan fingerprint density at radius 3 is 2.56 bits per heavy atom. The lowest BCUT2D eigenvalue weighted by molar-refractivity contribution is 0.281. The van der Waals surface area contributed by atoms with Crippen LogP contribution in [-0.2, 0) is 0 Å². The third-order valence-corrected chi connectivity index (χ3v) is 4.08. The van der Waals surface area contributed by atoms with Crippen molar-refractivity contribution in [2.75, 3.05) is 27.2 Å². The van der Waals surface area contributed by atoms with Gasteiger partial charge in [0.25, 0.3) is 0 Å². The first-order valence-corrected chi connectivity index (χ1v) is 8.52. The van der Waals surface area contributed by atoms with Gasteiger partial charge in [0.05, 0.1) is 12.0 Å². The number of hydrogen-bond acceptors (Lipinski definition) is 4. The van der Waals surface area contributed by atoms with Crippen molar-refractivity contribution in [1.82, 2.24) is 4.90 Å². The van der Waals surface area contributed by atoms with Crippen LogP contribution in [0.3, 0.4) is 0 Å². The Hall–Kier alpha value is -2.30. The van der Waals surface area contributed by atoms with Crippen LogP contribution in [0.2, 0.25) is 5.02 Å². The summed E-state index contributed by atoms with van der Waals surface area (Å²) in [5, 5.41) is 1.00. The van der Waals surface area contributed by atoms with E-state index in [2.05, 4.69) is 4.90 Å². The second-order valence-corrected chi connectivity index (χ2v) is 6.58. The fraction of sp³-hybridized carbons (Fsp3) is 0.250. The van der Waals surface area contributed by atoms with E-state index in [0.29, 0.717) is 28.4 Å². The average molecular weight is 358 g/mol. The first-order chi connectivity index (χ1) is 12.0. The molecule has 0 aliphatic rings. The van der Waals surface area contributed by atoms with Crippen molar-refractivity contribution in [2.24, 2.45) is 0 Å². The first kappa shape index (κ1) is 17.5. The number of halogens is 1. The highest BCUT2D eigenvalue weighted by atomic mass is 35.5. The summed E-state index contributed by atoms with van der Waals surface area (Å²) >= 11 is 5.94. The van der Waals surface area contributed by atoms with Gasteiger partial charge in [-0.05, 0) is 63.0 Å². The van der Waals surface area contributed by atoms with Crippen LogP contribution in [0.25, 0.3) is 22.3 Å². The molecule has 3 rings (SSSR count). The summed E-state index contributed by atoms with van der Waals surface area (Å²) in [4.78, 5) is 14.4. The molecule has 130 valence electrons. The number of fused-ring (bicyclic) bond motifs is 1. The van der Waals surface area contributed by atoms with Gasteiger partial charge in [-0.25, -0.2) is 0 Å². The minimum atomic E-state index is -0.109. The molecule has 0 amide bonds. The first-order valence-electron chi connectivity index (χ1n) is 8.14. The second kappa shape index (κ2) is 7.72. The molecule has 1 aromatic heterocycles. The van der Waals surface area contributed by atoms with Gasteiger partial charge in [-0.15, -0.1) is 0 Å². The molecule has 2 aromatic carbocycles. The Kier molecular flexibility index (Phi) is 5.41. The predicted octanol–water partition coefficient (Wildman–Crippen LogP) is 4.44. The minimum absolute atomic E-state index is 0.109. The Morgan fingerprint density at radius 1 is 1.08 bits per heavy atom. The van der Waals surface area contributed by atoms with Crippen molar-refractivity contribution < 1.29 is 9.15 Å². The van der Waals surface area contributed by atoms with Gasteiger partial charge in [-0.1, -0.05) is 11.6 Å². The van der Waals surface area contributed by atoms with E-state index in [4.69, 9.17) is 20.8 Å². The van der Waals surface area contributed by atoms with Crippen molar-refractivity contribution in [3.8, 4) is 17.1 Å². The molecule has 0 spiro atoms. The van der Waals surface area contributed by atoms with Gasteiger partial charge in [0.15, 0.2) is 5.43 Å². The van der Waals surface area contributed by atoms with E-state index < -0.39 is 0 Å². The molecule has 0 saturated heterocycles. The van der Waals surface area contributed by atoms with E-state index >= 15 is 0 Å². The van der Waals surface area contributed by atoms with Crippen LogP contribution in [-0.4, -0.2) is 32.1 Å². The van der Waals surface area contributed by atoms with E-state index in [1.165, 1.54) is 6.07 Å². The maximum Gasteiger partial charge on any atom is 0.193 e. The van der Waals surface area contributed by atoms with Crippen molar-refractivity contribution in [1.29, 1.82) is 0 Å². The van der Waals surface area contributed by atoms with Gasteiger partial charge in [0.1, 0.15) is 17.1 Å². The van der Waals surface area contributed by atoms with Crippen LogP contribution in [0.5, 0.6) is 5.75 Å². The molecule has 0 fully saturated rings. The third-order valence-electron chi connectivity index (χ3n) is 3.85. The molecule has 3 aromatic rings.